The van der Waals surface area contributed by atoms with Gasteiger partial charge in [-0.2, -0.15) is 15.0 Å². The van der Waals surface area contributed by atoms with Crippen molar-refractivity contribution in [2.75, 3.05) is 13.1 Å². The third-order valence-electron chi connectivity index (χ3n) is 3.52. The molecule has 1 unspecified atom stereocenters. The maximum atomic E-state index is 12.1. The number of halogens is 1. The number of aryl methyl sites for hydroxylation is 1. The summed E-state index contributed by atoms with van der Waals surface area (Å²) >= 11 is 0. The number of likely N-dealkylation sites (tertiary alicyclic amines) is 1. The molecule has 1 aliphatic heterocycles. The highest BCUT2D eigenvalue weighted by atomic mass is 35.5. The monoisotopic (exact) mass is 287 g/mol. The lowest BCUT2D eigenvalue weighted by Gasteiger charge is -2.32. The molecule has 7 heteroatoms. The molecule has 2 N–H and O–H groups in total. The Hall–Kier alpha value is -1.14. The molecule has 1 aromatic rings. The predicted octanol–water partition coefficient (Wildman–Crippen LogP) is 0.676. The number of hydrogen-bond donors (Lipinski definition) is 1. The van der Waals surface area contributed by atoms with E-state index in [0.717, 1.165) is 31.8 Å². The first-order valence-corrected chi connectivity index (χ1v) is 6.55. The van der Waals surface area contributed by atoms with Crippen molar-refractivity contribution >= 4 is 18.3 Å². The second-order valence-corrected chi connectivity index (χ2v) is 5.03. The summed E-state index contributed by atoms with van der Waals surface area (Å²) in [5.41, 5.74) is 5.94. The van der Waals surface area contributed by atoms with E-state index in [1.165, 1.54) is 0 Å². The Balaban J connectivity index is 0.00000180. The number of piperidine rings is 1. The van der Waals surface area contributed by atoms with E-state index >= 15 is 0 Å². The molecule has 1 atom stereocenters. The van der Waals surface area contributed by atoms with Crippen LogP contribution in [0, 0.1) is 5.92 Å². The molecular weight excluding hydrogens is 266 g/mol. The summed E-state index contributed by atoms with van der Waals surface area (Å²) in [6, 6.07) is -0.440. The lowest BCUT2D eigenvalue weighted by atomic mass is 9.98. The van der Waals surface area contributed by atoms with Crippen LogP contribution in [0.4, 0.5) is 0 Å². The standard InChI is InChI=1S/C12H21N5O.ClH/c1-10-2-7-16(8-3-10)12(18)11(13)4-9-17-14-5-6-15-17;/h5-6,10-11H,2-4,7-9,13H2,1H3;1H. The van der Waals surface area contributed by atoms with Crippen LogP contribution in [0.25, 0.3) is 0 Å². The van der Waals surface area contributed by atoms with Gasteiger partial charge < -0.3 is 10.6 Å². The van der Waals surface area contributed by atoms with E-state index < -0.39 is 6.04 Å². The molecule has 0 aromatic carbocycles. The van der Waals surface area contributed by atoms with Crippen LogP contribution < -0.4 is 5.73 Å². The van der Waals surface area contributed by atoms with Gasteiger partial charge in [0, 0.05) is 13.1 Å². The minimum absolute atomic E-state index is 0. The fourth-order valence-corrected chi connectivity index (χ4v) is 2.20. The van der Waals surface area contributed by atoms with Gasteiger partial charge in [0.2, 0.25) is 5.91 Å². The average Bonchev–Trinajstić information content (AvgIpc) is 2.89. The molecule has 6 nitrogen and oxygen atoms in total. The minimum atomic E-state index is -0.440. The predicted molar refractivity (Wildman–Crippen MR) is 74.8 cm³/mol. The van der Waals surface area contributed by atoms with Crippen LogP contribution in [0.1, 0.15) is 26.2 Å². The van der Waals surface area contributed by atoms with Crippen LogP contribution >= 0.6 is 12.4 Å². The van der Waals surface area contributed by atoms with E-state index in [1.54, 1.807) is 17.2 Å². The number of carbonyl (C=O) groups is 1. The van der Waals surface area contributed by atoms with Crippen molar-refractivity contribution in [2.45, 2.75) is 38.8 Å². The van der Waals surface area contributed by atoms with Crippen molar-refractivity contribution in [1.82, 2.24) is 19.9 Å². The molecule has 2 rings (SSSR count). The lowest BCUT2D eigenvalue weighted by molar-refractivity contribution is -0.134. The van der Waals surface area contributed by atoms with Crippen molar-refractivity contribution in [3.05, 3.63) is 12.4 Å². The molecule has 108 valence electrons. The summed E-state index contributed by atoms with van der Waals surface area (Å²) in [6.07, 6.45) is 6.00. The first kappa shape index (κ1) is 15.9. The van der Waals surface area contributed by atoms with Crippen LogP contribution in [0.5, 0.6) is 0 Å². The number of nitrogens with zero attached hydrogens (tertiary/aromatic N) is 4. The Morgan fingerprint density at radius 2 is 1.95 bits per heavy atom. The maximum Gasteiger partial charge on any atom is 0.239 e. The van der Waals surface area contributed by atoms with Crippen molar-refractivity contribution in [2.24, 2.45) is 11.7 Å². The topological polar surface area (TPSA) is 77.0 Å². The van der Waals surface area contributed by atoms with Gasteiger partial charge in [-0.15, -0.1) is 12.4 Å². The molecule has 0 bridgehead atoms. The van der Waals surface area contributed by atoms with Crippen LogP contribution in [0.2, 0.25) is 0 Å². The van der Waals surface area contributed by atoms with Gasteiger partial charge in [0.05, 0.1) is 25.0 Å². The zero-order valence-corrected chi connectivity index (χ0v) is 12.1. The van der Waals surface area contributed by atoms with E-state index in [-0.39, 0.29) is 18.3 Å². The third-order valence-corrected chi connectivity index (χ3v) is 3.52. The highest BCUT2D eigenvalue weighted by molar-refractivity contribution is 5.85. The Bertz CT molecular complexity index is 375. The molecule has 0 spiro atoms. The molecule has 1 aliphatic rings. The van der Waals surface area contributed by atoms with E-state index in [9.17, 15) is 4.79 Å². The number of aromatic nitrogens is 3. The summed E-state index contributed by atoms with van der Waals surface area (Å²) in [5, 5.41) is 7.99. The fraction of sp³-hybridized carbons (Fsp3) is 0.750. The highest BCUT2D eigenvalue weighted by Gasteiger charge is 2.24. The van der Waals surface area contributed by atoms with E-state index in [4.69, 9.17) is 5.73 Å². The first-order valence-electron chi connectivity index (χ1n) is 6.55. The normalized spacial score (nSPS) is 17.9. The van der Waals surface area contributed by atoms with Gasteiger partial charge >= 0.3 is 0 Å². The molecule has 1 amide bonds. The highest BCUT2D eigenvalue weighted by Crippen LogP contribution is 2.16. The maximum absolute atomic E-state index is 12.1. The van der Waals surface area contributed by atoms with Gasteiger partial charge in [-0.1, -0.05) is 6.92 Å². The van der Waals surface area contributed by atoms with Crippen LogP contribution in [0.15, 0.2) is 12.4 Å². The molecule has 2 heterocycles. The van der Waals surface area contributed by atoms with E-state index in [1.807, 2.05) is 4.90 Å². The summed E-state index contributed by atoms with van der Waals surface area (Å²) in [7, 11) is 0. The second kappa shape index (κ2) is 7.45. The summed E-state index contributed by atoms with van der Waals surface area (Å²) in [4.78, 5) is 15.6. The van der Waals surface area contributed by atoms with E-state index in [2.05, 4.69) is 17.1 Å². The minimum Gasteiger partial charge on any atom is -0.341 e. The quantitative estimate of drug-likeness (QED) is 0.883. The Labute approximate surface area is 119 Å². The smallest absolute Gasteiger partial charge is 0.239 e. The van der Waals surface area contributed by atoms with Crippen LogP contribution in [-0.2, 0) is 11.3 Å². The van der Waals surface area contributed by atoms with Gasteiger partial charge in [0.15, 0.2) is 0 Å². The number of rotatable bonds is 4. The molecule has 1 fully saturated rings. The summed E-state index contributed by atoms with van der Waals surface area (Å²) in [5.74, 6) is 0.785. The molecule has 0 aliphatic carbocycles. The van der Waals surface area contributed by atoms with Gasteiger partial charge in [-0.05, 0) is 25.2 Å². The number of carbonyl (C=O) groups excluding carboxylic acids is 1. The summed E-state index contributed by atoms with van der Waals surface area (Å²) < 4.78 is 0. The van der Waals surface area contributed by atoms with Crippen molar-refractivity contribution in [3.63, 3.8) is 0 Å². The second-order valence-electron chi connectivity index (χ2n) is 5.03. The number of nitrogens with two attached hydrogens (primary N) is 1. The van der Waals surface area contributed by atoms with Gasteiger partial charge in [0.1, 0.15) is 0 Å². The third kappa shape index (κ3) is 4.47. The molecule has 1 saturated heterocycles. The average molecular weight is 288 g/mol. The van der Waals surface area contributed by atoms with Crippen molar-refractivity contribution in [1.29, 1.82) is 0 Å². The molecule has 1 aromatic heterocycles. The molecular formula is C12H22ClN5O. The van der Waals surface area contributed by atoms with Gasteiger partial charge in [-0.25, -0.2) is 0 Å². The van der Waals surface area contributed by atoms with Crippen molar-refractivity contribution in [3.8, 4) is 0 Å². The Morgan fingerprint density at radius 1 is 1.37 bits per heavy atom. The first-order chi connectivity index (χ1) is 8.66. The van der Waals surface area contributed by atoms with Crippen LogP contribution in [-0.4, -0.2) is 44.9 Å². The lowest BCUT2D eigenvalue weighted by Crippen LogP contribution is -2.47. The Kier molecular flexibility index (Phi) is 6.24. The molecule has 0 radical (unpaired) electrons. The molecule has 19 heavy (non-hydrogen) atoms. The largest absolute Gasteiger partial charge is 0.341 e. The van der Waals surface area contributed by atoms with Crippen molar-refractivity contribution < 1.29 is 4.79 Å². The zero-order chi connectivity index (χ0) is 13.0. The summed E-state index contributed by atoms with van der Waals surface area (Å²) in [6.45, 7) is 4.50. The zero-order valence-electron chi connectivity index (χ0n) is 11.2. The Morgan fingerprint density at radius 3 is 2.53 bits per heavy atom. The molecule has 0 saturated carbocycles. The van der Waals surface area contributed by atoms with E-state index in [0.29, 0.717) is 13.0 Å². The van der Waals surface area contributed by atoms with Gasteiger partial charge in [0.25, 0.3) is 0 Å². The fourth-order valence-electron chi connectivity index (χ4n) is 2.20. The van der Waals surface area contributed by atoms with Gasteiger partial charge in [-0.3, -0.25) is 4.79 Å². The van der Waals surface area contributed by atoms with Crippen LogP contribution in [0.3, 0.4) is 0 Å². The number of amides is 1. The number of hydrogen-bond acceptors (Lipinski definition) is 4. The SMILES string of the molecule is CC1CCN(C(=O)C(N)CCn2nccn2)CC1.Cl.